The summed E-state index contributed by atoms with van der Waals surface area (Å²) in [6.07, 6.45) is 2.37. The smallest absolute Gasteiger partial charge is 0.123 e. The Morgan fingerprint density at radius 1 is 1.29 bits per heavy atom. The molecule has 1 aliphatic rings. The fourth-order valence-corrected chi connectivity index (χ4v) is 3.20. The molecule has 0 atom stereocenters. The molecule has 1 saturated carbocycles. The van der Waals surface area contributed by atoms with Crippen molar-refractivity contribution < 1.29 is 4.39 Å². The molecule has 88 valence electrons. The number of hydrogen-bond donors (Lipinski definition) is 1. The first-order valence-electron chi connectivity index (χ1n) is 5.79. The molecule has 1 fully saturated rings. The molecule has 2 aromatic rings. The SMILES string of the molecule is NCC1(c2csc(-c3cccc(F)c3)c2)CC1. The molecule has 3 rings (SSSR count). The summed E-state index contributed by atoms with van der Waals surface area (Å²) in [5, 5.41) is 2.17. The molecule has 0 amide bonds. The number of rotatable bonds is 3. The van der Waals surface area contributed by atoms with Crippen molar-refractivity contribution >= 4 is 11.3 Å². The first-order chi connectivity index (χ1) is 8.23. The van der Waals surface area contributed by atoms with Gasteiger partial charge in [-0.05, 0) is 47.5 Å². The maximum atomic E-state index is 13.2. The fraction of sp³-hybridized carbons (Fsp3) is 0.286. The zero-order valence-corrected chi connectivity index (χ0v) is 10.3. The first-order valence-corrected chi connectivity index (χ1v) is 6.66. The van der Waals surface area contributed by atoms with Crippen molar-refractivity contribution in [1.29, 1.82) is 0 Å². The molecular weight excluding hydrogens is 233 g/mol. The Morgan fingerprint density at radius 2 is 2.12 bits per heavy atom. The van der Waals surface area contributed by atoms with Gasteiger partial charge in [0.1, 0.15) is 5.82 Å². The van der Waals surface area contributed by atoms with Crippen molar-refractivity contribution in [2.45, 2.75) is 18.3 Å². The molecule has 0 bridgehead atoms. The van der Waals surface area contributed by atoms with E-state index in [1.807, 2.05) is 6.07 Å². The fourth-order valence-electron chi connectivity index (χ4n) is 2.17. The quantitative estimate of drug-likeness (QED) is 0.882. The number of halogens is 1. The van der Waals surface area contributed by atoms with Gasteiger partial charge < -0.3 is 5.73 Å². The largest absolute Gasteiger partial charge is 0.330 e. The van der Waals surface area contributed by atoms with Crippen molar-refractivity contribution in [3.8, 4) is 10.4 Å². The normalized spacial score (nSPS) is 17.1. The molecule has 1 aliphatic carbocycles. The van der Waals surface area contributed by atoms with Gasteiger partial charge in [-0.1, -0.05) is 12.1 Å². The molecule has 0 aliphatic heterocycles. The van der Waals surface area contributed by atoms with Crippen LogP contribution in [0.4, 0.5) is 4.39 Å². The van der Waals surface area contributed by atoms with Crippen LogP contribution < -0.4 is 5.73 Å². The summed E-state index contributed by atoms with van der Waals surface area (Å²) in [7, 11) is 0. The number of hydrogen-bond acceptors (Lipinski definition) is 2. The lowest BCUT2D eigenvalue weighted by molar-refractivity contribution is 0.628. The van der Waals surface area contributed by atoms with E-state index in [1.165, 1.54) is 24.5 Å². The highest BCUT2D eigenvalue weighted by atomic mass is 32.1. The van der Waals surface area contributed by atoms with E-state index >= 15 is 0 Å². The third kappa shape index (κ3) is 1.90. The number of nitrogens with two attached hydrogens (primary N) is 1. The second-order valence-electron chi connectivity index (χ2n) is 4.69. The summed E-state index contributed by atoms with van der Waals surface area (Å²) in [4.78, 5) is 1.12. The Kier molecular flexibility index (Phi) is 2.53. The Balaban J connectivity index is 1.95. The van der Waals surface area contributed by atoms with Gasteiger partial charge >= 0.3 is 0 Å². The van der Waals surface area contributed by atoms with E-state index in [1.54, 1.807) is 23.5 Å². The van der Waals surface area contributed by atoms with Crippen molar-refractivity contribution in [2.24, 2.45) is 5.73 Å². The highest BCUT2D eigenvalue weighted by Gasteiger charge is 2.43. The molecule has 2 N–H and O–H groups in total. The Morgan fingerprint density at radius 3 is 2.76 bits per heavy atom. The molecular formula is C14H14FNS. The monoisotopic (exact) mass is 247 g/mol. The minimum Gasteiger partial charge on any atom is -0.330 e. The van der Waals surface area contributed by atoms with Crippen molar-refractivity contribution in [3.63, 3.8) is 0 Å². The molecule has 0 spiro atoms. The van der Waals surface area contributed by atoms with Crippen LogP contribution in [0.1, 0.15) is 18.4 Å². The van der Waals surface area contributed by atoms with Crippen LogP contribution in [-0.4, -0.2) is 6.54 Å². The third-order valence-corrected chi connectivity index (χ3v) is 4.54. The minimum atomic E-state index is -0.183. The molecule has 0 unspecified atom stereocenters. The van der Waals surface area contributed by atoms with Gasteiger partial charge in [-0.25, -0.2) is 4.39 Å². The average molecular weight is 247 g/mol. The molecule has 0 radical (unpaired) electrons. The van der Waals surface area contributed by atoms with Crippen LogP contribution in [0, 0.1) is 5.82 Å². The Bertz CT molecular complexity index is 543. The summed E-state index contributed by atoms with van der Waals surface area (Å²) in [5.74, 6) is -0.183. The highest BCUT2D eigenvalue weighted by Crippen LogP contribution is 2.49. The zero-order valence-electron chi connectivity index (χ0n) is 9.45. The van der Waals surface area contributed by atoms with E-state index in [9.17, 15) is 4.39 Å². The molecule has 1 aromatic carbocycles. The molecule has 17 heavy (non-hydrogen) atoms. The summed E-state index contributed by atoms with van der Waals surface area (Å²) in [5.41, 5.74) is 8.32. The maximum Gasteiger partial charge on any atom is 0.123 e. The second kappa shape index (κ2) is 3.93. The van der Waals surface area contributed by atoms with Crippen LogP contribution in [-0.2, 0) is 5.41 Å². The molecule has 1 aromatic heterocycles. The van der Waals surface area contributed by atoms with E-state index in [0.29, 0.717) is 6.54 Å². The third-order valence-electron chi connectivity index (χ3n) is 3.57. The van der Waals surface area contributed by atoms with E-state index < -0.39 is 0 Å². The van der Waals surface area contributed by atoms with Gasteiger partial charge in [0, 0.05) is 16.8 Å². The summed E-state index contributed by atoms with van der Waals surface area (Å²) in [6.45, 7) is 0.715. The van der Waals surface area contributed by atoms with Crippen LogP contribution in [0.5, 0.6) is 0 Å². The minimum absolute atomic E-state index is 0.183. The molecule has 1 nitrogen and oxygen atoms in total. The van der Waals surface area contributed by atoms with Crippen LogP contribution in [0.2, 0.25) is 0 Å². The lowest BCUT2D eigenvalue weighted by Crippen LogP contribution is -2.18. The predicted molar refractivity (Wildman–Crippen MR) is 69.7 cm³/mol. The average Bonchev–Trinajstić information content (AvgIpc) is 2.99. The van der Waals surface area contributed by atoms with Gasteiger partial charge in [0.2, 0.25) is 0 Å². The molecule has 1 heterocycles. The van der Waals surface area contributed by atoms with Crippen LogP contribution in [0.15, 0.2) is 35.7 Å². The predicted octanol–water partition coefficient (Wildman–Crippen LogP) is 3.54. The van der Waals surface area contributed by atoms with Gasteiger partial charge in [-0.15, -0.1) is 11.3 Å². The lowest BCUT2D eigenvalue weighted by atomic mass is 9.98. The maximum absolute atomic E-state index is 13.2. The van der Waals surface area contributed by atoms with Gasteiger partial charge in [-0.2, -0.15) is 0 Å². The Hall–Kier alpha value is -1.19. The Labute approximate surface area is 104 Å². The van der Waals surface area contributed by atoms with E-state index in [2.05, 4.69) is 11.4 Å². The van der Waals surface area contributed by atoms with Gasteiger partial charge in [0.05, 0.1) is 0 Å². The van der Waals surface area contributed by atoms with Crippen LogP contribution >= 0.6 is 11.3 Å². The number of thiophene rings is 1. The summed E-state index contributed by atoms with van der Waals surface area (Å²) < 4.78 is 13.2. The van der Waals surface area contributed by atoms with E-state index in [4.69, 9.17) is 5.73 Å². The van der Waals surface area contributed by atoms with Gasteiger partial charge in [0.15, 0.2) is 0 Å². The van der Waals surface area contributed by atoms with Crippen molar-refractivity contribution in [3.05, 3.63) is 47.1 Å². The topological polar surface area (TPSA) is 26.0 Å². The summed E-state index contributed by atoms with van der Waals surface area (Å²) in [6, 6.07) is 8.91. The molecule has 0 saturated heterocycles. The molecule has 3 heteroatoms. The van der Waals surface area contributed by atoms with E-state index in [0.717, 1.165) is 10.4 Å². The van der Waals surface area contributed by atoms with Gasteiger partial charge in [0.25, 0.3) is 0 Å². The number of benzene rings is 1. The zero-order chi connectivity index (χ0) is 11.9. The lowest BCUT2D eigenvalue weighted by Gasteiger charge is -2.08. The van der Waals surface area contributed by atoms with E-state index in [-0.39, 0.29) is 11.2 Å². The second-order valence-corrected chi connectivity index (χ2v) is 5.61. The summed E-state index contributed by atoms with van der Waals surface area (Å²) >= 11 is 1.67. The highest BCUT2D eigenvalue weighted by molar-refractivity contribution is 7.13. The first kappa shape index (κ1) is 10.9. The van der Waals surface area contributed by atoms with Crippen LogP contribution in [0.25, 0.3) is 10.4 Å². The van der Waals surface area contributed by atoms with Crippen molar-refractivity contribution in [2.75, 3.05) is 6.54 Å². The van der Waals surface area contributed by atoms with Gasteiger partial charge in [-0.3, -0.25) is 0 Å². The standard InChI is InChI=1S/C14H14FNS/c15-12-3-1-2-10(6-12)13-7-11(8-17-13)14(9-16)4-5-14/h1-3,6-8H,4-5,9,16H2. The van der Waals surface area contributed by atoms with Crippen molar-refractivity contribution in [1.82, 2.24) is 0 Å². The van der Waals surface area contributed by atoms with Crippen LogP contribution in [0.3, 0.4) is 0 Å².